The fraction of sp³-hybridized carbons (Fsp3) is 0.636. The lowest BCUT2D eigenvalue weighted by atomic mass is 9.46. The molecule has 0 aromatic carbocycles. The monoisotopic (exact) mass is 358 g/mol. The highest BCUT2D eigenvalue weighted by molar-refractivity contribution is 5.77. The summed E-state index contributed by atoms with van der Waals surface area (Å²) in [6.07, 6.45) is 9.10. The maximum Gasteiger partial charge on any atom is 0.311 e. The van der Waals surface area contributed by atoms with Gasteiger partial charge in [-0.2, -0.15) is 0 Å². The molecular weight excluding hydrogens is 328 g/mol. The molecule has 0 saturated heterocycles. The van der Waals surface area contributed by atoms with Crippen molar-refractivity contribution in [3.63, 3.8) is 0 Å². The molecule has 26 heavy (non-hydrogen) atoms. The van der Waals surface area contributed by atoms with Gasteiger partial charge in [0.2, 0.25) is 0 Å². The van der Waals surface area contributed by atoms with Crippen LogP contribution in [0.4, 0.5) is 0 Å². The second-order valence-corrected chi connectivity index (χ2v) is 8.54. The smallest absolute Gasteiger partial charge is 0.311 e. The molecule has 2 saturated carbocycles. The van der Waals surface area contributed by atoms with Gasteiger partial charge in [-0.25, -0.2) is 0 Å². The number of carbonyl (C=O) groups excluding carboxylic acids is 2. The summed E-state index contributed by atoms with van der Waals surface area (Å²) in [5.74, 6) is 1.01. The van der Waals surface area contributed by atoms with Crippen molar-refractivity contribution >= 4 is 12.3 Å². The Morgan fingerprint density at radius 3 is 2.88 bits per heavy atom. The standard InChI is InChI=1S/C22H30O4/c1-15-6-9-19-21(2,11-5-12-22(19,3)20(24)25-4)17(15)8-7-16-10-13-26-18(16)14-23/h10,13-14,17,19H,1,5-9,11-12H2,2-4H3/t17-,19-,21-,22-/m0/s1. The van der Waals surface area contributed by atoms with E-state index in [1.807, 2.05) is 6.07 Å². The maximum atomic E-state index is 12.6. The van der Waals surface area contributed by atoms with E-state index in [1.54, 1.807) is 6.26 Å². The minimum absolute atomic E-state index is 0.0433. The lowest BCUT2D eigenvalue weighted by Gasteiger charge is -2.57. The van der Waals surface area contributed by atoms with Gasteiger partial charge in [0, 0.05) is 5.56 Å². The third kappa shape index (κ3) is 2.93. The molecule has 0 radical (unpaired) electrons. The lowest BCUT2D eigenvalue weighted by molar-refractivity contribution is -0.168. The third-order valence-corrected chi connectivity index (χ3v) is 7.26. The number of hydrogen-bond donors (Lipinski definition) is 0. The van der Waals surface area contributed by atoms with E-state index in [-0.39, 0.29) is 11.4 Å². The molecule has 1 aromatic rings. The van der Waals surface area contributed by atoms with Gasteiger partial charge in [0.05, 0.1) is 18.8 Å². The number of ether oxygens (including phenoxy) is 1. The Morgan fingerprint density at radius 2 is 2.19 bits per heavy atom. The number of fused-ring (bicyclic) bond motifs is 1. The average Bonchev–Trinajstić information content (AvgIpc) is 3.07. The summed E-state index contributed by atoms with van der Waals surface area (Å²) >= 11 is 0. The maximum absolute atomic E-state index is 12.6. The van der Waals surface area contributed by atoms with Crippen LogP contribution in [0.15, 0.2) is 28.9 Å². The molecule has 0 aliphatic heterocycles. The Hall–Kier alpha value is -1.84. The van der Waals surface area contributed by atoms with Crippen molar-refractivity contribution in [2.75, 3.05) is 7.11 Å². The summed E-state index contributed by atoms with van der Waals surface area (Å²) < 4.78 is 10.4. The van der Waals surface area contributed by atoms with E-state index in [0.717, 1.165) is 56.8 Å². The van der Waals surface area contributed by atoms with Gasteiger partial charge in [0.25, 0.3) is 0 Å². The van der Waals surface area contributed by atoms with E-state index < -0.39 is 5.41 Å². The van der Waals surface area contributed by atoms with Gasteiger partial charge in [0.15, 0.2) is 12.0 Å². The highest BCUT2D eigenvalue weighted by atomic mass is 16.5. The fourth-order valence-electron chi connectivity index (χ4n) is 5.92. The summed E-state index contributed by atoms with van der Waals surface area (Å²) in [6.45, 7) is 8.80. The van der Waals surface area contributed by atoms with Crippen molar-refractivity contribution in [2.24, 2.45) is 22.7 Å². The Morgan fingerprint density at radius 1 is 1.42 bits per heavy atom. The summed E-state index contributed by atoms with van der Waals surface area (Å²) in [5.41, 5.74) is 1.88. The molecule has 0 unspecified atom stereocenters. The quantitative estimate of drug-likeness (QED) is 0.423. The van der Waals surface area contributed by atoms with Gasteiger partial charge in [-0.15, -0.1) is 0 Å². The Bertz CT molecular complexity index is 703. The van der Waals surface area contributed by atoms with Gasteiger partial charge in [-0.1, -0.05) is 25.5 Å². The zero-order valence-corrected chi connectivity index (χ0v) is 16.2. The van der Waals surface area contributed by atoms with Crippen molar-refractivity contribution < 1.29 is 18.7 Å². The number of furan rings is 1. The number of methoxy groups -OCH3 is 1. The molecule has 3 rings (SSSR count). The van der Waals surface area contributed by atoms with E-state index in [9.17, 15) is 9.59 Å². The summed E-state index contributed by atoms with van der Waals surface area (Å²) in [4.78, 5) is 23.7. The van der Waals surface area contributed by atoms with Crippen LogP contribution in [-0.2, 0) is 16.0 Å². The van der Waals surface area contributed by atoms with Crippen LogP contribution < -0.4 is 0 Å². The van der Waals surface area contributed by atoms with E-state index >= 15 is 0 Å². The molecule has 0 amide bonds. The van der Waals surface area contributed by atoms with Crippen LogP contribution in [0.1, 0.15) is 68.5 Å². The van der Waals surface area contributed by atoms with Crippen LogP contribution in [0.25, 0.3) is 0 Å². The Balaban J connectivity index is 1.86. The van der Waals surface area contributed by atoms with E-state index in [2.05, 4.69) is 20.4 Å². The molecule has 2 aliphatic rings. The largest absolute Gasteiger partial charge is 0.469 e. The van der Waals surface area contributed by atoms with Crippen LogP contribution in [0, 0.1) is 22.7 Å². The molecule has 0 N–H and O–H groups in total. The molecule has 0 spiro atoms. The van der Waals surface area contributed by atoms with Gasteiger partial charge in [0.1, 0.15) is 0 Å². The van der Waals surface area contributed by atoms with Crippen molar-refractivity contribution in [1.29, 1.82) is 0 Å². The zero-order chi connectivity index (χ0) is 18.9. The second kappa shape index (κ2) is 7.05. The molecule has 2 aliphatic carbocycles. The number of aldehydes is 1. The number of esters is 1. The van der Waals surface area contributed by atoms with Crippen LogP contribution in [0.2, 0.25) is 0 Å². The van der Waals surface area contributed by atoms with Gasteiger partial charge in [-0.05, 0) is 68.8 Å². The summed E-state index contributed by atoms with van der Waals surface area (Å²) in [5, 5.41) is 0. The third-order valence-electron chi connectivity index (χ3n) is 7.26. The van der Waals surface area contributed by atoms with Crippen molar-refractivity contribution in [3.05, 3.63) is 35.8 Å². The Kier molecular flexibility index (Phi) is 5.14. The van der Waals surface area contributed by atoms with Crippen LogP contribution >= 0.6 is 0 Å². The molecule has 0 bridgehead atoms. The van der Waals surface area contributed by atoms with Crippen molar-refractivity contribution in [2.45, 2.75) is 58.8 Å². The molecule has 142 valence electrons. The predicted molar refractivity (Wildman–Crippen MR) is 99.9 cm³/mol. The Labute approximate surface area is 156 Å². The van der Waals surface area contributed by atoms with E-state index in [1.165, 1.54) is 12.7 Å². The van der Waals surface area contributed by atoms with Crippen molar-refractivity contribution in [1.82, 2.24) is 0 Å². The molecular formula is C22H30O4. The average molecular weight is 358 g/mol. The van der Waals surface area contributed by atoms with Gasteiger partial charge < -0.3 is 9.15 Å². The first-order valence-electron chi connectivity index (χ1n) is 9.64. The minimum atomic E-state index is -0.412. The topological polar surface area (TPSA) is 56.5 Å². The number of aryl methyl sites for hydroxylation is 1. The first-order valence-corrected chi connectivity index (χ1v) is 9.64. The van der Waals surface area contributed by atoms with Crippen molar-refractivity contribution in [3.8, 4) is 0 Å². The number of allylic oxidation sites excluding steroid dienone is 1. The number of carbonyl (C=O) groups is 2. The fourth-order valence-corrected chi connectivity index (χ4v) is 5.92. The molecule has 1 heterocycles. The molecule has 4 atom stereocenters. The van der Waals surface area contributed by atoms with Crippen LogP contribution in [-0.4, -0.2) is 19.4 Å². The van der Waals surface area contributed by atoms with Crippen LogP contribution in [0.5, 0.6) is 0 Å². The van der Waals surface area contributed by atoms with E-state index in [4.69, 9.17) is 9.15 Å². The molecule has 4 nitrogen and oxygen atoms in total. The molecule has 2 fully saturated rings. The predicted octanol–water partition coefficient (Wildman–Crippen LogP) is 4.98. The molecule has 4 heteroatoms. The number of hydrogen-bond acceptors (Lipinski definition) is 4. The first-order chi connectivity index (χ1) is 12.4. The van der Waals surface area contributed by atoms with Gasteiger partial charge >= 0.3 is 5.97 Å². The summed E-state index contributed by atoms with van der Waals surface area (Å²) in [6, 6.07) is 1.88. The highest BCUT2D eigenvalue weighted by Gasteiger charge is 2.57. The SMILES string of the molecule is C=C1CC[C@H]2[C@@](C)(CCC[C@]2(C)C(=O)OC)[C@H]1CCc1ccoc1C=O. The van der Waals surface area contributed by atoms with Crippen LogP contribution in [0.3, 0.4) is 0 Å². The van der Waals surface area contributed by atoms with E-state index in [0.29, 0.717) is 17.6 Å². The minimum Gasteiger partial charge on any atom is -0.469 e. The molecule has 1 aromatic heterocycles. The number of rotatable bonds is 5. The van der Waals surface area contributed by atoms with Gasteiger partial charge in [-0.3, -0.25) is 9.59 Å². The highest BCUT2D eigenvalue weighted by Crippen LogP contribution is 2.62. The zero-order valence-electron chi connectivity index (χ0n) is 16.2. The summed E-state index contributed by atoms with van der Waals surface area (Å²) in [7, 11) is 1.50. The lowest BCUT2D eigenvalue weighted by Crippen LogP contribution is -2.53. The normalized spacial score (nSPS) is 34.2. The first kappa shape index (κ1) is 18.9. The second-order valence-electron chi connectivity index (χ2n) is 8.54.